The Bertz CT molecular complexity index is 2090. The number of hydrogen-bond acceptors (Lipinski definition) is 16. The highest BCUT2D eigenvalue weighted by atomic mass is 32.2. The third kappa shape index (κ3) is 13.5. The molecule has 0 saturated carbocycles. The number of benzene rings is 4. The van der Waals surface area contributed by atoms with Crippen molar-refractivity contribution in [3.63, 3.8) is 0 Å². The lowest BCUT2D eigenvalue weighted by atomic mass is 10.00. The van der Waals surface area contributed by atoms with Gasteiger partial charge >= 0.3 is 11.9 Å². The number of nitro benzene ring substituents is 2. The standard InChI is InChI=1S/C44H50N4O14S2/c1-57-35-21-29(33(47(53)54)23-37(35)59-3)39(63-25-31(43(51)61-5)45-41(49)27-15-9-7-10-16-27)19-13-14-20-40(30-22-36(58-2)38(60-4)24-34(30)48(55)56)64-26-32(44(52)62-6)46-42(50)28-17-11-8-12-18-28/h7-12,15-18,21-24,31-32,39-40H,13-14,19-20,25-26H2,1-6H3,(H,45,49)(H,46,50)/t31-,32-,39?,40?/m0/s1. The number of carbonyl (C=O) groups is 4. The molecule has 0 aliphatic heterocycles. The number of rotatable bonds is 25. The monoisotopic (exact) mass is 922 g/mol. The van der Waals surface area contributed by atoms with Crippen LogP contribution in [-0.2, 0) is 19.1 Å². The van der Waals surface area contributed by atoms with Crippen molar-refractivity contribution in [1.82, 2.24) is 10.6 Å². The number of ether oxygens (including phenoxy) is 6. The van der Waals surface area contributed by atoms with E-state index in [9.17, 15) is 39.4 Å². The van der Waals surface area contributed by atoms with Crippen molar-refractivity contribution >= 4 is 58.7 Å². The van der Waals surface area contributed by atoms with Gasteiger partial charge in [-0.15, -0.1) is 0 Å². The first-order chi connectivity index (χ1) is 30.8. The van der Waals surface area contributed by atoms with E-state index in [0.717, 1.165) is 0 Å². The summed E-state index contributed by atoms with van der Waals surface area (Å²) in [5.74, 6) is -1.85. The molecule has 4 atom stereocenters. The number of hydrogen-bond donors (Lipinski definition) is 2. The van der Waals surface area contributed by atoms with Crippen molar-refractivity contribution in [3.8, 4) is 23.0 Å². The summed E-state index contributed by atoms with van der Waals surface area (Å²) in [5.41, 5.74) is 0.626. The van der Waals surface area contributed by atoms with Gasteiger partial charge < -0.3 is 39.1 Å². The fraction of sp³-hybridized carbons (Fsp3) is 0.364. The molecule has 0 radical (unpaired) electrons. The molecule has 342 valence electrons. The molecule has 2 amide bonds. The number of amides is 2. The van der Waals surface area contributed by atoms with Gasteiger partial charge in [0.25, 0.3) is 23.2 Å². The van der Waals surface area contributed by atoms with E-state index in [1.807, 2.05) is 0 Å². The number of esters is 2. The topological polar surface area (TPSA) is 234 Å². The van der Waals surface area contributed by atoms with Crippen LogP contribution in [0.25, 0.3) is 0 Å². The van der Waals surface area contributed by atoms with Crippen LogP contribution in [0, 0.1) is 20.2 Å². The average molecular weight is 923 g/mol. The van der Waals surface area contributed by atoms with E-state index in [-0.39, 0.29) is 69.8 Å². The normalized spacial score (nSPS) is 12.7. The molecule has 0 saturated heterocycles. The summed E-state index contributed by atoms with van der Waals surface area (Å²) in [7, 11) is 7.87. The zero-order valence-electron chi connectivity index (χ0n) is 36.1. The van der Waals surface area contributed by atoms with Crippen LogP contribution >= 0.6 is 23.5 Å². The highest BCUT2D eigenvalue weighted by molar-refractivity contribution is 7.99. The minimum Gasteiger partial charge on any atom is -0.493 e. The Kier molecular flexibility index (Phi) is 19.5. The van der Waals surface area contributed by atoms with Gasteiger partial charge in [-0.05, 0) is 49.2 Å². The van der Waals surface area contributed by atoms with Crippen LogP contribution in [0.1, 0.15) is 68.0 Å². The van der Waals surface area contributed by atoms with E-state index >= 15 is 0 Å². The van der Waals surface area contributed by atoms with Crippen LogP contribution in [0.2, 0.25) is 0 Å². The largest absolute Gasteiger partial charge is 0.493 e. The number of methoxy groups -OCH3 is 6. The Morgan fingerprint density at radius 2 is 0.875 bits per heavy atom. The fourth-order valence-electron chi connectivity index (χ4n) is 6.63. The lowest BCUT2D eigenvalue weighted by molar-refractivity contribution is -0.385. The molecular formula is C44H50N4O14S2. The molecule has 2 N–H and O–H groups in total. The summed E-state index contributed by atoms with van der Waals surface area (Å²) in [6.45, 7) is 0. The van der Waals surface area contributed by atoms with Gasteiger partial charge in [0, 0.05) is 44.3 Å². The summed E-state index contributed by atoms with van der Waals surface area (Å²) in [4.78, 5) is 76.2. The minimum absolute atomic E-state index is 0.0403. The fourth-order valence-corrected chi connectivity index (χ4v) is 9.32. The first-order valence-corrected chi connectivity index (χ1v) is 21.8. The lowest BCUT2D eigenvalue weighted by Crippen LogP contribution is -2.43. The Hall–Kier alpha value is -6.54. The third-order valence-electron chi connectivity index (χ3n) is 9.92. The zero-order chi connectivity index (χ0) is 46.8. The van der Waals surface area contributed by atoms with Crippen LogP contribution in [0.15, 0.2) is 84.9 Å². The number of unbranched alkanes of at least 4 members (excludes halogenated alkanes) is 1. The molecule has 0 heterocycles. The molecule has 0 fully saturated rings. The average Bonchev–Trinajstić information content (AvgIpc) is 3.32. The molecule has 0 bridgehead atoms. The maximum Gasteiger partial charge on any atom is 0.329 e. The van der Waals surface area contributed by atoms with Gasteiger partial charge in [-0.2, -0.15) is 23.5 Å². The molecule has 2 unspecified atom stereocenters. The van der Waals surface area contributed by atoms with Gasteiger partial charge in [-0.25, -0.2) is 9.59 Å². The highest BCUT2D eigenvalue weighted by Gasteiger charge is 2.32. The SMILES string of the molecule is COC(=O)[C@H](CSC(CCCCC(SC[C@H](NC(=O)c1ccccc1)C(=O)OC)c1cc(OC)c(OC)cc1[N+](=O)[O-])c1cc(OC)c(OC)cc1[N+](=O)[O-])NC(=O)c1ccccc1. The van der Waals surface area contributed by atoms with Gasteiger partial charge in [-0.1, -0.05) is 49.2 Å². The second kappa shape index (κ2) is 24.9. The molecule has 0 aliphatic carbocycles. The van der Waals surface area contributed by atoms with E-state index < -0.39 is 56.2 Å². The van der Waals surface area contributed by atoms with Crippen molar-refractivity contribution in [3.05, 3.63) is 127 Å². The zero-order valence-corrected chi connectivity index (χ0v) is 37.7. The number of nitrogens with zero attached hydrogens (tertiary/aromatic N) is 2. The Labute approximate surface area is 378 Å². The maximum absolute atomic E-state index is 13.1. The van der Waals surface area contributed by atoms with Crippen LogP contribution in [-0.4, -0.2) is 99.8 Å². The summed E-state index contributed by atoms with van der Waals surface area (Å²) < 4.78 is 31.8. The summed E-state index contributed by atoms with van der Waals surface area (Å²) in [6, 6.07) is 19.8. The van der Waals surface area contributed by atoms with Crippen LogP contribution in [0.5, 0.6) is 23.0 Å². The molecular weight excluding hydrogens is 873 g/mol. The highest BCUT2D eigenvalue weighted by Crippen LogP contribution is 2.47. The van der Waals surface area contributed by atoms with E-state index in [0.29, 0.717) is 24.0 Å². The van der Waals surface area contributed by atoms with Crippen molar-refractivity contribution in [2.24, 2.45) is 0 Å². The second-order valence-electron chi connectivity index (χ2n) is 13.8. The molecule has 20 heteroatoms. The predicted octanol–water partition coefficient (Wildman–Crippen LogP) is 7.29. The van der Waals surface area contributed by atoms with Crippen LogP contribution < -0.4 is 29.6 Å². The van der Waals surface area contributed by atoms with Crippen molar-refractivity contribution in [2.45, 2.75) is 48.3 Å². The van der Waals surface area contributed by atoms with E-state index in [1.54, 1.807) is 60.7 Å². The van der Waals surface area contributed by atoms with Crippen LogP contribution in [0.4, 0.5) is 11.4 Å². The van der Waals surface area contributed by atoms with Crippen molar-refractivity contribution in [1.29, 1.82) is 0 Å². The summed E-state index contributed by atoms with van der Waals surface area (Å²) in [5, 5.41) is 29.1. The summed E-state index contributed by atoms with van der Waals surface area (Å²) in [6.07, 6.45) is 1.35. The van der Waals surface area contributed by atoms with E-state index in [1.165, 1.54) is 90.4 Å². The number of nitrogens with one attached hydrogen (secondary N) is 2. The number of nitro groups is 2. The quantitative estimate of drug-likeness (QED) is 0.0287. The first-order valence-electron chi connectivity index (χ1n) is 19.7. The van der Waals surface area contributed by atoms with Gasteiger partial charge in [0.05, 0.1) is 64.6 Å². The van der Waals surface area contributed by atoms with E-state index in [4.69, 9.17) is 28.4 Å². The maximum atomic E-state index is 13.1. The molecule has 4 aromatic carbocycles. The number of carbonyl (C=O) groups excluding carboxylic acids is 4. The first kappa shape index (κ1) is 50.1. The summed E-state index contributed by atoms with van der Waals surface area (Å²) >= 11 is 2.38. The molecule has 0 aromatic heterocycles. The van der Waals surface area contributed by atoms with Gasteiger partial charge in [-0.3, -0.25) is 29.8 Å². The molecule has 4 aromatic rings. The predicted molar refractivity (Wildman–Crippen MR) is 241 cm³/mol. The Morgan fingerprint density at radius 3 is 1.17 bits per heavy atom. The number of thioether (sulfide) groups is 2. The second-order valence-corrected chi connectivity index (χ2v) is 16.3. The van der Waals surface area contributed by atoms with E-state index in [2.05, 4.69) is 10.6 Å². The van der Waals surface area contributed by atoms with Crippen LogP contribution in [0.3, 0.4) is 0 Å². The van der Waals surface area contributed by atoms with Gasteiger partial charge in [0.15, 0.2) is 23.0 Å². The lowest BCUT2D eigenvalue weighted by Gasteiger charge is -2.24. The van der Waals surface area contributed by atoms with Crippen molar-refractivity contribution < 1.29 is 57.4 Å². The van der Waals surface area contributed by atoms with Crippen molar-refractivity contribution in [2.75, 3.05) is 54.2 Å². The van der Waals surface area contributed by atoms with Gasteiger partial charge in [0.2, 0.25) is 0 Å². The molecule has 64 heavy (non-hydrogen) atoms. The minimum atomic E-state index is -1.14. The molecule has 0 spiro atoms. The Morgan fingerprint density at radius 1 is 0.547 bits per heavy atom. The third-order valence-corrected chi connectivity index (χ3v) is 12.8. The smallest absolute Gasteiger partial charge is 0.329 e. The molecule has 18 nitrogen and oxygen atoms in total. The molecule has 4 rings (SSSR count). The van der Waals surface area contributed by atoms with Gasteiger partial charge in [0.1, 0.15) is 12.1 Å². The Balaban J connectivity index is 1.68. The molecule has 0 aliphatic rings.